The summed E-state index contributed by atoms with van der Waals surface area (Å²) in [5, 5.41) is 5.38. The van der Waals surface area contributed by atoms with Gasteiger partial charge in [-0.05, 0) is 80.9 Å². The minimum atomic E-state index is -5.60. The number of hydrogen-bond acceptors (Lipinski definition) is 5. The molecule has 3 fully saturated rings. The van der Waals surface area contributed by atoms with E-state index in [1.54, 1.807) is 4.72 Å². The Hall–Kier alpha value is -2.25. The van der Waals surface area contributed by atoms with E-state index < -0.39 is 39.3 Å². The minimum Gasteiger partial charge on any atom is -0.374 e. The highest BCUT2D eigenvalue weighted by Gasteiger charge is 2.51. The normalized spacial score (nSPS) is 27.9. The highest BCUT2D eigenvalue weighted by molar-refractivity contribution is 7.90. The molecule has 2 saturated carbocycles. The molecule has 1 amide bonds. The molecule has 1 aromatic heterocycles. The van der Waals surface area contributed by atoms with Crippen molar-refractivity contribution in [2.45, 2.75) is 80.6 Å². The van der Waals surface area contributed by atoms with Gasteiger partial charge in [0, 0.05) is 32.1 Å². The summed E-state index contributed by atoms with van der Waals surface area (Å²) in [4.78, 5) is 14.0. The molecule has 8 nitrogen and oxygen atoms in total. The molecule has 0 radical (unpaired) electrons. The first-order valence-electron chi connectivity index (χ1n) is 13.5. The highest BCUT2D eigenvalue weighted by Crippen LogP contribution is 2.39. The molecule has 1 saturated heterocycles. The van der Waals surface area contributed by atoms with E-state index in [-0.39, 0.29) is 44.9 Å². The van der Waals surface area contributed by atoms with E-state index >= 15 is 0 Å². The van der Waals surface area contributed by atoms with Crippen molar-refractivity contribution in [1.29, 1.82) is 0 Å². The summed E-state index contributed by atoms with van der Waals surface area (Å²) in [5.41, 5.74) is -5.10. The largest absolute Gasteiger partial charge is 0.511 e. The quantitative estimate of drug-likeness (QED) is 0.502. The van der Waals surface area contributed by atoms with E-state index in [0.717, 1.165) is 36.6 Å². The summed E-state index contributed by atoms with van der Waals surface area (Å²) < 4.78 is 87.2. The zero-order valence-electron chi connectivity index (χ0n) is 21.8. The molecule has 2 heterocycles. The number of ether oxygens (including phenoxy) is 1. The van der Waals surface area contributed by atoms with Gasteiger partial charge in [-0.1, -0.05) is 6.07 Å². The Morgan fingerprint density at radius 3 is 2.54 bits per heavy atom. The van der Waals surface area contributed by atoms with Crippen LogP contribution in [0.15, 0.2) is 24.4 Å². The smallest absolute Gasteiger partial charge is 0.374 e. The number of benzene rings is 1. The number of nitrogens with zero attached hydrogens (tertiary/aromatic N) is 3. The Morgan fingerprint density at radius 2 is 1.90 bits per heavy atom. The van der Waals surface area contributed by atoms with Crippen LogP contribution in [0.4, 0.5) is 17.6 Å². The van der Waals surface area contributed by atoms with Crippen molar-refractivity contribution >= 4 is 26.8 Å². The molecule has 2 aromatic rings. The number of fused-ring (bicyclic) bond motifs is 1. The van der Waals surface area contributed by atoms with Crippen LogP contribution in [0.25, 0.3) is 10.9 Å². The maximum atomic E-state index is 14.8. The van der Waals surface area contributed by atoms with Crippen LogP contribution >= 0.6 is 0 Å². The summed E-state index contributed by atoms with van der Waals surface area (Å²) in [5.74, 6) is -0.165. The molecule has 13 heteroatoms. The van der Waals surface area contributed by atoms with Crippen LogP contribution < -0.4 is 4.72 Å². The van der Waals surface area contributed by atoms with Crippen LogP contribution in [-0.4, -0.2) is 72.0 Å². The molecule has 1 aliphatic heterocycles. The number of carbonyl (C=O) groups is 1. The molecule has 2 aliphatic carbocycles. The van der Waals surface area contributed by atoms with Gasteiger partial charge in [0.05, 0.1) is 23.9 Å². The number of alkyl halides is 4. The van der Waals surface area contributed by atoms with Crippen molar-refractivity contribution in [2.75, 3.05) is 19.7 Å². The number of carbonyl (C=O) groups excluding carboxylic acids is 1. The number of sulfonamides is 1. The molecule has 0 bridgehead atoms. The average Bonchev–Trinajstić information content (AvgIpc) is 3.25. The number of nitrogens with one attached hydrogen (secondary N) is 1. The van der Waals surface area contributed by atoms with E-state index in [9.17, 15) is 30.8 Å². The fraction of sp³-hybridized carbons (Fsp3) is 0.692. The first-order valence-corrected chi connectivity index (χ1v) is 14.9. The van der Waals surface area contributed by atoms with Crippen LogP contribution in [0.3, 0.4) is 0 Å². The molecule has 216 valence electrons. The first kappa shape index (κ1) is 28.3. The predicted molar refractivity (Wildman–Crippen MR) is 136 cm³/mol. The van der Waals surface area contributed by atoms with Crippen molar-refractivity contribution in [3.05, 3.63) is 30.0 Å². The molecule has 5 rings (SSSR count). The Balaban J connectivity index is 1.21. The third kappa shape index (κ3) is 5.81. The number of aromatic nitrogens is 2. The number of halogens is 4. The van der Waals surface area contributed by atoms with Crippen molar-refractivity contribution < 1.29 is 35.5 Å². The number of rotatable bonds is 7. The van der Waals surface area contributed by atoms with Crippen LogP contribution in [0, 0.1) is 5.92 Å². The van der Waals surface area contributed by atoms with Crippen molar-refractivity contribution in [3.8, 4) is 0 Å². The van der Waals surface area contributed by atoms with E-state index in [2.05, 4.69) is 23.3 Å². The Bertz CT molecular complexity index is 1300. The standard InChI is InChI=1S/C26H34F4N4O4S/c1-33-22-8-7-19(13-20(22)14-31-33)18-5-3-17(4-6-18)16-38-23-15-34(24(35)25(27)10-2-11-25)12-9-21(23)32-39(36,37)26(28,29)30/h7-8,13-14,17-18,21,23,32H,2-6,9-12,15-16H2,1H3/t17?,18?,21-,23+/m0/s1. The number of amides is 1. The van der Waals surface area contributed by atoms with Gasteiger partial charge in [-0.3, -0.25) is 9.48 Å². The Labute approximate surface area is 225 Å². The molecule has 1 N–H and O–H groups in total. The third-order valence-electron chi connectivity index (χ3n) is 8.62. The summed E-state index contributed by atoms with van der Waals surface area (Å²) >= 11 is 0. The second-order valence-electron chi connectivity index (χ2n) is 11.2. The molecule has 0 spiro atoms. The molecule has 2 atom stereocenters. The second kappa shape index (κ2) is 10.6. The lowest BCUT2D eigenvalue weighted by Crippen LogP contribution is -2.61. The third-order valence-corrected chi connectivity index (χ3v) is 9.84. The summed E-state index contributed by atoms with van der Waals surface area (Å²) in [7, 11) is -3.70. The zero-order valence-corrected chi connectivity index (χ0v) is 22.6. The lowest BCUT2D eigenvalue weighted by atomic mass is 9.79. The van der Waals surface area contributed by atoms with Crippen LogP contribution in [0.1, 0.15) is 62.8 Å². The number of piperidine rings is 1. The maximum Gasteiger partial charge on any atom is 0.511 e. The molecular formula is C26H34F4N4O4S. The van der Waals surface area contributed by atoms with Crippen LogP contribution in [-0.2, 0) is 26.6 Å². The molecular weight excluding hydrogens is 540 g/mol. The lowest BCUT2D eigenvalue weighted by molar-refractivity contribution is -0.155. The maximum absolute atomic E-state index is 14.8. The van der Waals surface area contributed by atoms with Crippen molar-refractivity contribution in [1.82, 2.24) is 19.4 Å². The van der Waals surface area contributed by atoms with Crippen LogP contribution in [0.2, 0.25) is 0 Å². The summed E-state index contributed by atoms with van der Waals surface area (Å²) in [6.45, 7) is 0.0316. The van der Waals surface area contributed by atoms with Gasteiger partial charge in [0.15, 0.2) is 5.67 Å². The van der Waals surface area contributed by atoms with Gasteiger partial charge in [0.25, 0.3) is 5.91 Å². The molecule has 39 heavy (non-hydrogen) atoms. The van der Waals surface area contributed by atoms with Gasteiger partial charge in [-0.15, -0.1) is 0 Å². The topological polar surface area (TPSA) is 93.5 Å². The van der Waals surface area contributed by atoms with Gasteiger partial charge in [-0.25, -0.2) is 17.5 Å². The molecule has 1 aromatic carbocycles. The van der Waals surface area contributed by atoms with E-state index in [0.29, 0.717) is 12.3 Å². The van der Waals surface area contributed by atoms with Gasteiger partial charge in [0.2, 0.25) is 0 Å². The van der Waals surface area contributed by atoms with Gasteiger partial charge in [0.1, 0.15) is 0 Å². The highest BCUT2D eigenvalue weighted by atomic mass is 32.2. The minimum absolute atomic E-state index is 0.0399. The summed E-state index contributed by atoms with van der Waals surface area (Å²) in [6, 6.07) is 5.18. The Kier molecular flexibility index (Phi) is 7.70. The fourth-order valence-electron chi connectivity index (χ4n) is 6.01. The first-order chi connectivity index (χ1) is 18.4. The number of aryl methyl sites for hydroxylation is 1. The molecule has 0 unspecified atom stereocenters. The van der Waals surface area contributed by atoms with E-state index in [1.165, 1.54) is 10.5 Å². The molecule has 3 aliphatic rings. The second-order valence-corrected chi connectivity index (χ2v) is 12.9. The van der Waals surface area contributed by atoms with E-state index in [1.807, 2.05) is 17.9 Å². The zero-order chi connectivity index (χ0) is 28.0. The van der Waals surface area contributed by atoms with Gasteiger partial charge >= 0.3 is 15.5 Å². The SMILES string of the molecule is Cn1ncc2cc(C3CCC(CO[C@@H]4CN(C(=O)C5(F)CCC5)CC[C@@H]4NS(=O)(=O)C(F)(F)F)CC3)ccc21. The number of likely N-dealkylation sites (tertiary alicyclic amines) is 1. The van der Waals surface area contributed by atoms with E-state index in [4.69, 9.17) is 4.74 Å². The number of hydrogen-bond donors (Lipinski definition) is 1. The van der Waals surface area contributed by atoms with Crippen LogP contribution in [0.5, 0.6) is 0 Å². The van der Waals surface area contributed by atoms with Crippen molar-refractivity contribution in [2.24, 2.45) is 13.0 Å². The Morgan fingerprint density at radius 1 is 1.18 bits per heavy atom. The summed E-state index contributed by atoms with van der Waals surface area (Å²) in [6.07, 6.45) is 5.12. The monoisotopic (exact) mass is 574 g/mol. The fourth-order valence-corrected chi connectivity index (χ4v) is 6.82. The predicted octanol–water partition coefficient (Wildman–Crippen LogP) is 4.16. The van der Waals surface area contributed by atoms with Crippen molar-refractivity contribution in [3.63, 3.8) is 0 Å². The van der Waals surface area contributed by atoms with Gasteiger partial charge in [-0.2, -0.15) is 18.3 Å². The van der Waals surface area contributed by atoms with Gasteiger partial charge < -0.3 is 9.64 Å². The average molecular weight is 575 g/mol. The lowest BCUT2D eigenvalue weighted by Gasteiger charge is -2.43.